The minimum absolute atomic E-state index is 0.186. The number of carbonyl (C=O) groups is 1. The van der Waals surface area contributed by atoms with Crippen LogP contribution in [0.5, 0.6) is 0 Å². The van der Waals surface area contributed by atoms with Crippen LogP contribution in [0.1, 0.15) is 18.4 Å². The Hall–Kier alpha value is -1.80. The van der Waals surface area contributed by atoms with Gasteiger partial charge in [0.25, 0.3) is 0 Å². The third-order valence-electron chi connectivity index (χ3n) is 4.63. The molecular formula is C18H23N5OS2. The van der Waals surface area contributed by atoms with Gasteiger partial charge in [0, 0.05) is 37.9 Å². The second-order valence-electron chi connectivity index (χ2n) is 6.79. The van der Waals surface area contributed by atoms with E-state index in [2.05, 4.69) is 51.6 Å². The van der Waals surface area contributed by atoms with E-state index in [-0.39, 0.29) is 5.91 Å². The maximum atomic E-state index is 12.5. The molecule has 26 heavy (non-hydrogen) atoms. The molecule has 1 aromatic carbocycles. The van der Waals surface area contributed by atoms with Crippen molar-refractivity contribution in [1.82, 2.24) is 15.1 Å². The third-order valence-corrected chi connectivity index (χ3v) is 6.60. The van der Waals surface area contributed by atoms with Crippen LogP contribution in [0, 0.1) is 6.92 Å². The largest absolute Gasteiger partial charge is 0.368 e. The van der Waals surface area contributed by atoms with E-state index in [9.17, 15) is 4.79 Å². The Balaban J connectivity index is 1.23. The number of hydrogen-bond donors (Lipinski definition) is 1. The smallest absolute Gasteiger partial charge is 0.233 e. The van der Waals surface area contributed by atoms with E-state index in [0.717, 1.165) is 35.7 Å². The predicted octanol–water partition coefficient (Wildman–Crippen LogP) is 2.86. The zero-order chi connectivity index (χ0) is 17.9. The van der Waals surface area contributed by atoms with Crippen LogP contribution in [-0.2, 0) is 4.79 Å². The highest BCUT2D eigenvalue weighted by Crippen LogP contribution is 2.30. The zero-order valence-electron chi connectivity index (χ0n) is 14.9. The van der Waals surface area contributed by atoms with Gasteiger partial charge in [0.1, 0.15) is 0 Å². The van der Waals surface area contributed by atoms with Crippen LogP contribution in [-0.4, -0.2) is 59.0 Å². The number of amides is 1. The number of aromatic nitrogens is 2. The van der Waals surface area contributed by atoms with Crippen LogP contribution >= 0.6 is 23.1 Å². The van der Waals surface area contributed by atoms with Gasteiger partial charge in [0.05, 0.1) is 5.75 Å². The van der Waals surface area contributed by atoms with Crippen LogP contribution in [0.3, 0.4) is 0 Å². The van der Waals surface area contributed by atoms with Gasteiger partial charge in [-0.05, 0) is 37.5 Å². The summed E-state index contributed by atoms with van der Waals surface area (Å²) in [5.74, 6) is 0.619. The van der Waals surface area contributed by atoms with Gasteiger partial charge in [0.15, 0.2) is 4.34 Å². The van der Waals surface area contributed by atoms with E-state index in [1.165, 1.54) is 47.2 Å². The maximum absolute atomic E-state index is 12.5. The van der Waals surface area contributed by atoms with Crippen molar-refractivity contribution < 1.29 is 4.79 Å². The topological polar surface area (TPSA) is 61.4 Å². The molecule has 8 heteroatoms. The first-order valence-electron chi connectivity index (χ1n) is 8.99. The van der Waals surface area contributed by atoms with E-state index >= 15 is 0 Å². The Kier molecular flexibility index (Phi) is 5.31. The Morgan fingerprint density at radius 2 is 2.08 bits per heavy atom. The maximum Gasteiger partial charge on any atom is 0.233 e. The molecule has 4 rings (SSSR count). The van der Waals surface area contributed by atoms with Gasteiger partial charge < -0.3 is 15.1 Å². The van der Waals surface area contributed by atoms with E-state index < -0.39 is 0 Å². The van der Waals surface area contributed by atoms with Crippen LogP contribution in [0.4, 0.5) is 10.8 Å². The predicted molar refractivity (Wildman–Crippen MR) is 107 cm³/mol. The Morgan fingerprint density at radius 1 is 1.27 bits per heavy atom. The molecule has 2 heterocycles. The molecule has 2 aliphatic rings. The van der Waals surface area contributed by atoms with Crippen molar-refractivity contribution in [1.29, 1.82) is 0 Å². The number of anilines is 2. The summed E-state index contributed by atoms with van der Waals surface area (Å²) in [6.07, 6.45) is 2.43. The number of rotatable bonds is 6. The molecule has 1 saturated heterocycles. The number of thioether (sulfide) groups is 1. The molecule has 1 aliphatic heterocycles. The van der Waals surface area contributed by atoms with Crippen molar-refractivity contribution in [3.8, 4) is 0 Å². The van der Waals surface area contributed by atoms with Gasteiger partial charge in [-0.1, -0.05) is 35.2 Å². The number of piperazine rings is 1. The monoisotopic (exact) mass is 389 g/mol. The highest BCUT2D eigenvalue weighted by Gasteiger charge is 2.24. The molecule has 0 bridgehead atoms. The summed E-state index contributed by atoms with van der Waals surface area (Å²) in [5, 5.41) is 12.5. The second kappa shape index (κ2) is 7.84. The van der Waals surface area contributed by atoms with E-state index in [1.807, 2.05) is 4.90 Å². The minimum Gasteiger partial charge on any atom is -0.368 e. The van der Waals surface area contributed by atoms with Crippen molar-refractivity contribution in [2.24, 2.45) is 0 Å². The number of aryl methyl sites for hydroxylation is 1. The van der Waals surface area contributed by atoms with Crippen molar-refractivity contribution in [2.75, 3.05) is 42.1 Å². The molecule has 0 unspecified atom stereocenters. The van der Waals surface area contributed by atoms with Gasteiger partial charge in [-0.15, -0.1) is 10.2 Å². The lowest BCUT2D eigenvalue weighted by Crippen LogP contribution is -2.49. The fraction of sp³-hybridized carbons (Fsp3) is 0.500. The summed E-state index contributed by atoms with van der Waals surface area (Å²) in [4.78, 5) is 16.8. The molecular weight excluding hydrogens is 366 g/mol. The SMILES string of the molecule is Cc1cccc(N2CCN(C(=O)CSc3nnc(NC4CC4)s3)CC2)c1. The van der Waals surface area contributed by atoms with Crippen LogP contribution in [0.2, 0.25) is 0 Å². The van der Waals surface area contributed by atoms with Crippen molar-refractivity contribution in [3.05, 3.63) is 29.8 Å². The summed E-state index contributed by atoms with van der Waals surface area (Å²) in [6, 6.07) is 9.12. The molecule has 1 aliphatic carbocycles. The highest BCUT2D eigenvalue weighted by molar-refractivity contribution is 8.01. The van der Waals surface area contributed by atoms with Gasteiger partial charge in [-0.3, -0.25) is 4.79 Å². The first kappa shape index (κ1) is 17.6. The van der Waals surface area contributed by atoms with Crippen LogP contribution in [0.25, 0.3) is 0 Å². The van der Waals surface area contributed by atoms with Gasteiger partial charge in [0.2, 0.25) is 11.0 Å². The molecule has 1 saturated carbocycles. The van der Waals surface area contributed by atoms with Gasteiger partial charge >= 0.3 is 0 Å². The number of nitrogens with zero attached hydrogens (tertiary/aromatic N) is 4. The molecule has 1 aromatic heterocycles. The molecule has 1 amide bonds. The summed E-state index contributed by atoms with van der Waals surface area (Å²) >= 11 is 3.03. The third kappa shape index (κ3) is 4.48. The number of carbonyl (C=O) groups excluding carboxylic acids is 1. The van der Waals surface area contributed by atoms with Gasteiger partial charge in [-0.25, -0.2) is 0 Å². The lowest BCUT2D eigenvalue weighted by atomic mass is 10.2. The van der Waals surface area contributed by atoms with Crippen LogP contribution in [0.15, 0.2) is 28.6 Å². The first-order valence-corrected chi connectivity index (χ1v) is 10.8. The number of benzene rings is 1. The summed E-state index contributed by atoms with van der Waals surface area (Å²) in [7, 11) is 0. The second-order valence-corrected chi connectivity index (χ2v) is 8.99. The van der Waals surface area contributed by atoms with Crippen molar-refractivity contribution in [3.63, 3.8) is 0 Å². The van der Waals surface area contributed by atoms with E-state index in [1.54, 1.807) is 0 Å². The Bertz CT molecular complexity index is 768. The molecule has 2 aromatic rings. The first-order chi connectivity index (χ1) is 12.7. The summed E-state index contributed by atoms with van der Waals surface area (Å²) in [6.45, 7) is 5.43. The normalized spacial score (nSPS) is 17.4. The molecule has 0 spiro atoms. The molecule has 138 valence electrons. The van der Waals surface area contributed by atoms with Crippen LogP contribution < -0.4 is 10.2 Å². The minimum atomic E-state index is 0.186. The van der Waals surface area contributed by atoms with Crippen molar-refractivity contribution in [2.45, 2.75) is 30.1 Å². The fourth-order valence-electron chi connectivity index (χ4n) is 2.98. The quantitative estimate of drug-likeness (QED) is 0.767. The molecule has 0 radical (unpaired) electrons. The van der Waals surface area contributed by atoms with E-state index in [4.69, 9.17) is 0 Å². The van der Waals surface area contributed by atoms with Crippen molar-refractivity contribution >= 4 is 39.8 Å². The number of hydrogen-bond acceptors (Lipinski definition) is 7. The molecule has 2 fully saturated rings. The standard InChI is InChI=1S/C18H23N5OS2/c1-13-3-2-4-15(11-13)22-7-9-23(10-8-22)16(24)12-25-18-21-20-17(26-18)19-14-5-6-14/h2-4,11,14H,5-10,12H2,1H3,(H,19,20). The Morgan fingerprint density at radius 3 is 2.81 bits per heavy atom. The number of nitrogens with one attached hydrogen (secondary N) is 1. The molecule has 1 N–H and O–H groups in total. The lowest BCUT2D eigenvalue weighted by molar-refractivity contribution is -0.128. The zero-order valence-corrected chi connectivity index (χ0v) is 16.5. The fourth-order valence-corrected chi connectivity index (χ4v) is 4.71. The van der Waals surface area contributed by atoms with E-state index in [0.29, 0.717) is 11.8 Å². The average Bonchev–Trinajstić information content (AvgIpc) is 3.36. The summed E-state index contributed by atoms with van der Waals surface area (Å²) < 4.78 is 0.861. The average molecular weight is 390 g/mol. The molecule has 0 atom stereocenters. The summed E-state index contributed by atoms with van der Waals surface area (Å²) in [5.41, 5.74) is 2.51. The van der Waals surface area contributed by atoms with Gasteiger partial charge in [-0.2, -0.15) is 0 Å². The lowest BCUT2D eigenvalue weighted by Gasteiger charge is -2.36. The Labute approximate surface area is 162 Å². The molecule has 6 nitrogen and oxygen atoms in total. The highest BCUT2D eigenvalue weighted by atomic mass is 32.2.